The largest absolute Gasteiger partial charge is 0.481 e. The molecule has 0 unspecified atom stereocenters. The van der Waals surface area contributed by atoms with E-state index in [0.717, 1.165) is 0 Å². The number of carboxylic acid groups (broad SMARTS) is 1. The van der Waals surface area contributed by atoms with Gasteiger partial charge in [-0.05, 0) is 25.7 Å². The number of rotatable bonds is 11. The van der Waals surface area contributed by atoms with Crippen LogP contribution in [0.25, 0.3) is 0 Å². The molecule has 1 rings (SSSR count). The molecule has 0 aromatic rings. The smallest absolute Gasteiger partial charge is 0.471 e. The van der Waals surface area contributed by atoms with Crippen molar-refractivity contribution >= 4 is 23.8 Å². The highest BCUT2D eigenvalue weighted by Gasteiger charge is 2.38. The third kappa shape index (κ3) is 9.93. The molecule has 0 saturated carbocycles. The van der Waals surface area contributed by atoms with Crippen LogP contribution in [0.2, 0.25) is 0 Å². The van der Waals surface area contributed by atoms with Crippen LogP contribution in [0.4, 0.5) is 13.2 Å². The second-order valence-corrected chi connectivity index (χ2v) is 7.50. The van der Waals surface area contributed by atoms with Crippen molar-refractivity contribution in [1.29, 1.82) is 0 Å². The van der Waals surface area contributed by atoms with E-state index in [2.05, 4.69) is 0 Å². The van der Waals surface area contributed by atoms with Crippen LogP contribution in [0.5, 0.6) is 0 Å². The van der Waals surface area contributed by atoms with Gasteiger partial charge in [0, 0.05) is 32.8 Å². The lowest BCUT2D eigenvalue weighted by atomic mass is 9.81. The molecule has 0 spiro atoms. The van der Waals surface area contributed by atoms with E-state index in [9.17, 15) is 32.3 Å². The number of nitrogens with one attached hydrogen (secondary N) is 1. The summed E-state index contributed by atoms with van der Waals surface area (Å²) < 4.78 is 49.1. The third-order valence-electron chi connectivity index (χ3n) is 4.87. The molecule has 0 atom stereocenters. The summed E-state index contributed by atoms with van der Waals surface area (Å²) in [4.78, 5) is 46.7. The summed E-state index contributed by atoms with van der Waals surface area (Å²) >= 11 is 0. The van der Waals surface area contributed by atoms with Gasteiger partial charge < -0.3 is 20.1 Å². The third-order valence-corrected chi connectivity index (χ3v) is 4.87. The maximum absolute atomic E-state index is 12.3. The summed E-state index contributed by atoms with van der Waals surface area (Å²) in [5, 5.41) is 10.4. The highest BCUT2D eigenvalue weighted by atomic mass is 19.4. The molecule has 0 bridgehead atoms. The van der Waals surface area contributed by atoms with Crippen molar-refractivity contribution < 1.29 is 43.6 Å². The maximum Gasteiger partial charge on any atom is 0.471 e. The zero-order chi connectivity index (χ0) is 23.5. The quantitative estimate of drug-likeness (QED) is 0.377. The number of alkyl halides is 3. The first kappa shape index (κ1) is 23.9. The Morgan fingerprint density at radius 1 is 1.10 bits per heavy atom. The number of esters is 1. The number of amides is 2. The fourth-order valence-corrected chi connectivity index (χ4v) is 2.93. The van der Waals surface area contributed by atoms with Crippen molar-refractivity contribution in [2.75, 3.05) is 26.2 Å². The van der Waals surface area contributed by atoms with Gasteiger partial charge in [-0.15, -0.1) is 0 Å². The number of unbranched alkanes of at least 4 members (excludes halogenated alkanes) is 2. The molecule has 0 radical (unpaired) electrons. The van der Waals surface area contributed by atoms with E-state index in [1.165, 1.54) is 0 Å². The number of carboxylic acids is 1. The first-order valence-corrected chi connectivity index (χ1v) is 9.78. The van der Waals surface area contributed by atoms with E-state index in [1.807, 2.05) is 0 Å². The van der Waals surface area contributed by atoms with Gasteiger partial charge in [0.1, 0.15) is 0 Å². The summed E-state index contributed by atoms with van der Waals surface area (Å²) in [5.41, 5.74) is -0.563. The van der Waals surface area contributed by atoms with Crippen molar-refractivity contribution in [3.63, 3.8) is 0 Å². The second-order valence-electron chi connectivity index (χ2n) is 7.50. The first-order chi connectivity index (χ1) is 14.5. The Bertz CT molecular complexity index is 637. The Morgan fingerprint density at radius 2 is 1.77 bits per heavy atom. The van der Waals surface area contributed by atoms with E-state index in [4.69, 9.17) is 11.2 Å². The summed E-state index contributed by atoms with van der Waals surface area (Å²) in [6.45, 7) is 0.747. The molecule has 1 heterocycles. The summed E-state index contributed by atoms with van der Waals surface area (Å²) in [6, 6.07) is 0. The Labute approximate surface area is 174 Å². The predicted octanol–water partition coefficient (Wildman–Crippen LogP) is 2.26. The van der Waals surface area contributed by atoms with Gasteiger partial charge in [-0.2, -0.15) is 13.2 Å². The number of likely N-dealkylation sites (tertiary alicyclic amines) is 1. The zero-order valence-corrected chi connectivity index (χ0v) is 16.8. The van der Waals surface area contributed by atoms with Gasteiger partial charge in [0.25, 0.3) is 0 Å². The van der Waals surface area contributed by atoms with Gasteiger partial charge in [-0.1, -0.05) is 13.3 Å². The van der Waals surface area contributed by atoms with Crippen molar-refractivity contribution in [3.8, 4) is 0 Å². The topological polar surface area (TPSA) is 113 Å². The van der Waals surface area contributed by atoms with Crippen molar-refractivity contribution in [1.82, 2.24) is 10.2 Å². The van der Waals surface area contributed by atoms with Crippen LogP contribution in [0.1, 0.15) is 59.6 Å². The number of hydrogen-bond donors (Lipinski definition) is 2. The average molecular weight is 439 g/mol. The Kier molecular flexibility index (Phi) is 9.38. The number of carbonyl (C=O) groups is 4. The molecular formula is C19H29F3N2O6. The van der Waals surface area contributed by atoms with Crippen LogP contribution in [-0.2, 0) is 23.9 Å². The summed E-state index contributed by atoms with van der Waals surface area (Å²) in [6.07, 6.45) is -2.90. The van der Waals surface area contributed by atoms with Crippen LogP contribution >= 0.6 is 0 Å². The molecular weight excluding hydrogens is 409 g/mol. The highest BCUT2D eigenvalue weighted by Crippen LogP contribution is 2.31. The first-order valence-electron chi connectivity index (χ1n) is 10.5. The minimum Gasteiger partial charge on any atom is -0.481 e. The number of halogens is 3. The lowest BCUT2D eigenvalue weighted by Crippen LogP contribution is -2.44. The van der Waals surface area contributed by atoms with Gasteiger partial charge in [0.05, 0.1) is 19.4 Å². The number of piperidine rings is 1. The van der Waals surface area contributed by atoms with Crippen LogP contribution in [0.3, 0.4) is 0 Å². The van der Waals surface area contributed by atoms with E-state index >= 15 is 0 Å². The highest BCUT2D eigenvalue weighted by molar-refractivity contribution is 5.81. The molecule has 172 valence electrons. The van der Waals surface area contributed by atoms with Crippen molar-refractivity contribution in [3.05, 3.63) is 0 Å². The van der Waals surface area contributed by atoms with Crippen LogP contribution in [0.15, 0.2) is 0 Å². The van der Waals surface area contributed by atoms with Gasteiger partial charge >= 0.3 is 24.0 Å². The molecule has 8 nitrogen and oxygen atoms in total. The maximum atomic E-state index is 12.3. The fraction of sp³-hybridized carbons (Fsp3) is 0.789. The molecule has 0 aromatic carbocycles. The molecule has 30 heavy (non-hydrogen) atoms. The van der Waals surface area contributed by atoms with Crippen molar-refractivity contribution in [2.24, 2.45) is 5.41 Å². The van der Waals surface area contributed by atoms with E-state index in [1.54, 1.807) is 10.2 Å². The van der Waals surface area contributed by atoms with Gasteiger partial charge in [-0.3, -0.25) is 19.2 Å². The van der Waals surface area contributed by atoms with Gasteiger partial charge in [0.2, 0.25) is 5.91 Å². The molecule has 2 N–H and O–H groups in total. The minimum absolute atomic E-state index is 0.0145. The molecule has 1 aliphatic heterocycles. The SMILES string of the molecule is [2H]CC1(COC(=O)CCC(=O)O)CCN(C(=O)CCCCCNC(=O)C(F)(F)F)CC1. The summed E-state index contributed by atoms with van der Waals surface area (Å²) in [7, 11) is 0. The molecule has 1 saturated heterocycles. The molecule has 11 heteroatoms. The Balaban J connectivity index is 2.26. The predicted molar refractivity (Wildman–Crippen MR) is 99.3 cm³/mol. The van der Waals surface area contributed by atoms with E-state index in [0.29, 0.717) is 45.2 Å². The Hall–Kier alpha value is -2.33. The normalized spacial score (nSPS) is 16.5. The van der Waals surface area contributed by atoms with E-state index in [-0.39, 0.29) is 45.2 Å². The number of nitrogens with zero attached hydrogens (tertiary/aromatic N) is 1. The lowest BCUT2D eigenvalue weighted by molar-refractivity contribution is -0.173. The average Bonchev–Trinajstić information content (AvgIpc) is 2.72. The van der Waals surface area contributed by atoms with Crippen LogP contribution < -0.4 is 5.32 Å². The van der Waals surface area contributed by atoms with Gasteiger partial charge in [0.15, 0.2) is 0 Å². The second kappa shape index (κ2) is 11.8. The zero-order valence-electron chi connectivity index (χ0n) is 17.8. The summed E-state index contributed by atoms with van der Waals surface area (Å²) in [5.74, 6) is -3.77. The Morgan fingerprint density at radius 3 is 2.33 bits per heavy atom. The number of carbonyl (C=O) groups excluding carboxylic acids is 3. The monoisotopic (exact) mass is 439 g/mol. The number of ether oxygens (including phenoxy) is 1. The molecule has 1 aliphatic rings. The fourth-order valence-electron chi connectivity index (χ4n) is 2.93. The minimum atomic E-state index is -4.89. The molecule has 2 amide bonds. The lowest BCUT2D eigenvalue weighted by Gasteiger charge is -2.39. The molecule has 1 fully saturated rings. The van der Waals surface area contributed by atoms with Crippen molar-refractivity contribution in [2.45, 2.75) is 64.4 Å². The standard InChI is InChI=1S/C19H29F3N2O6/c1-18(13-30-16(28)7-6-15(26)27)8-11-24(12-9-18)14(25)5-3-2-4-10-23-17(29)19(20,21)22/h2-13H2,1H3,(H,23,29)(H,26,27)/i1D. The molecule has 0 aliphatic carbocycles. The number of hydrogen-bond acceptors (Lipinski definition) is 5. The molecule has 0 aromatic heterocycles. The van der Waals surface area contributed by atoms with Crippen LogP contribution in [-0.4, -0.2) is 66.2 Å². The van der Waals surface area contributed by atoms with Crippen LogP contribution in [0, 0.1) is 5.41 Å². The van der Waals surface area contributed by atoms with Gasteiger partial charge in [-0.25, -0.2) is 0 Å². The number of aliphatic carboxylic acids is 1. The van der Waals surface area contributed by atoms with E-state index < -0.39 is 29.4 Å².